The van der Waals surface area contributed by atoms with E-state index in [4.69, 9.17) is 4.42 Å². The number of benzene rings is 1. The molecular formula is C19H25FN4O2. The minimum Gasteiger partial charge on any atom is -0.446 e. The molecule has 0 saturated carbocycles. The maximum absolute atomic E-state index is 13.2. The first kappa shape index (κ1) is 18.5. The number of hydrazine groups is 1. The van der Waals surface area contributed by atoms with E-state index in [2.05, 4.69) is 15.7 Å². The number of aryl methyl sites for hydroxylation is 2. The van der Waals surface area contributed by atoms with Gasteiger partial charge in [0.05, 0.1) is 12.2 Å². The summed E-state index contributed by atoms with van der Waals surface area (Å²) in [5.41, 5.74) is 4.74. The Morgan fingerprint density at radius 1 is 1.46 bits per heavy atom. The minimum absolute atomic E-state index is 0.166. The van der Waals surface area contributed by atoms with Crippen LogP contribution in [-0.2, 0) is 11.2 Å². The molecule has 2 N–H and O–H groups in total. The van der Waals surface area contributed by atoms with E-state index in [-0.39, 0.29) is 18.3 Å². The van der Waals surface area contributed by atoms with Crippen molar-refractivity contribution < 1.29 is 13.6 Å². The summed E-state index contributed by atoms with van der Waals surface area (Å²) in [5.74, 6) is 1.54. The molecule has 1 aliphatic rings. The molecule has 0 radical (unpaired) electrons. The van der Waals surface area contributed by atoms with Gasteiger partial charge in [-0.15, -0.1) is 0 Å². The van der Waals surface area contributed by atoms with Gasteiger partial charge >= 0.3 is 0 Å². The Kier molecular flexibility index (Phi) is 6.00. The lowest BCUT2D eigenvalue weighted by Crippen LogP contribution is -2.43. The molecule has 2 heterocycles. The molecule has 2 aromatic rings. The zero-order valence-electron chi connectivity index (χ0n) is 15.2. The maximum atomic E-state index is 13.2. The summed E-state index contributed by atoms with van der Waals surface area (Å²) in [4.78, 5) is 16.6. The number of hydrogen-bond acceptors (Lipinski definition) is 5. The Morgan fingerprint density at radius 2 is 2.31 bits per heavy atom. The summed E-state index contributed by atoms with van der Waals surface area (Å²) >= 11 is 0. The third-order valence-corrected chi connectivity index (χ3v) is 4.62. The largest absolute Gasteiger partial charge is 0.446 e. The lowest BCUT2D eigenvalue weighted by Gasteiger charge is -2.21. The summed E-state index contributed by atoms with van der Waals surface area (Å²) in [6.07, 6.45) is 2.84. The Balaban J connectivity index is 1.48. The van der Waals surface area contributed by atoms with Gasteiger partial charge in [0.1, 0.15) is 11.6 Å². The molecule has 26 heavy (non-hydrogen) atoms. The Bertz CT molecular complexity index is 742. The molecule has 0 aliphatic carbocycles. The van der Waals surface area contributed by atoms with Crippen LogP contribution in [0.25, 0.3) is 0 Å². The lowest BCUT2D eigenvalue weighted by molar-refractivity contribution is -0.118. The van der Waals surface area contributed by atoms with E-state index in [1.165, 1.54) is 12.1 Å². The maximum Gasteiger partial charge on any atom is 0.240 e. The quantitative estimate of drug-likeness (QED) is 0.858. The zero-order chi connectivity index (χ0) is 18.5. The van der Waals surface area contributed by atoms with Gasteiger partial charge in [0.2, 0.25) is 5.91 Å². The summed E-state index contributed by atoms with van der Waals surface area (Å²) < 4.78 is 18.9. The number of nitrogens with one attached hydrogen (secondary N) is 2. The third kappa shape index (κ3) is 5.12. The second-order valence-corrected chi connectivity index (χ2v) is 6.80. The average Bonchev–Trinajstić information content (AvgIpc) is 2.76. The molecule has 7 heteroatoms. The Labute approximate surface area is 152 Å². The first-order valence-electron chi connectivity index (χ1n) is 8.96. The fraction of sp³-hybridized carbons (Fsp3) is 0.474. The predicted octanol–water partition coefficient (Wildman–Crippen LogP) is 2.83. The Hall–Kier alpha value is -2.25. The zero-order valence-corrected chi connectivity index (χ0v) is 15.2. The topological polar surface area (TPSA) is 70.4 Å². The first-order chi connectivity index (χ1) is 12.5. The highest BCUT2D eigenvalue weighted by atomic mass is 19.1. The van der Waals surface area contributed by atoms with Crippen molar-refractivity contribution in [1.29, 1.82) is 0 Å². The van der Waals surface area contributed by atoms with Gasteiger partial charge in [-0.05, 0) is 50.8 Å². The van der Waals surface area contributed by atoms with E-state index in [1.807, 2.05) is 18.9 Å². The number of aromatic nitrogens is 1. The SMILES string of the molecule is Cc1nc(CC2CCCN(CC(=O)Nc3cccc(F)c3)NC2)oc1C. The second-order valence-electron chi connectivity index (χ2n) is 6.80. The molecule has 140 valence electrons. The second kappa shape index (κ2) is 8.42. The highest BCUT2D eigenvalue weighted by molar-refractivity contribution is 5.92. The van der Waals surface area contributed by atoms with Gasteiger partial charge in [0.15, 0.2) is 5.89 Å². The van der Waals surface area contributed by atoms with E-state index in [0.29, 0.717) is 11.6 Å². The van der Waals surface area contributed by atoms with Crippen molar-refractivity contribution in [2.24, 2.45) is 5.92 Å². The molecule has 1 unspecified atom stereocenters. The van der Waals surface area contributed by atoms with Crippen LogP contribution in [0.3, 0.4) is 0 Å². The van der Waals surface area contributed by atoms with Crippen molar-refractivity contribution in [3.8, 4) is 0 Å². The van der Waals surface area contributed by atoms with Crippen LogP contribution in [0, 0.1) is 25.6 Å². The summed E-state index contributed by atoms with van der Waals surface area (Å²) in [7, 11) is 0. The van der Waals surface area contributed by atoms with Crippen molar-refractivity contribution in [3.63, 3.8) is 0 Å². The minimum atomic E-state index is -0.365. The van der Waals surface area contributed by atoms with Crippen LogP contribution >= 0.6 is 0 Å². The molecule has 3 rings (SSSR count). The number of anilines is 1. The average molecular weight is 360 g/mol. The monoisotopic (exact) mass is 360 g/mol. The molecule has 1 amide bonds. The van der Waals surface area contributed by atoms with E-state index >= 15 is 0 Å². The molecule has 0 spiro atoms. The van der Waals surface area contributed by atoms with E-state index in [9.17, 15) is 9.18 Å². The summed E-state index contributed by atoms with van der Waals surface area (Å²) in [5, 5.41) is 4.64. The molecule has 1 saturated heterocycles. The highest BCUT2D eigenvalue weighted by Crippen LogP contribution is 2.18. The van der Waals surface area contributed by atoms with Gasteiger partial charge in [-0.1, -0.05) is 6.07 Å². The number of nitrogens with zero attached hydrogens (tertiary/aromatic N) is 2. The van der Waals surface area contributed by atoms with Crippen LogP contribution in [-0.4, -0.2) is 35.5 Å². The summed E-state index contributed by atoms with van der Waals surface area (Å²) in [6.45, 7) is 5.66. The molecular weight excluding hydrogens is 335 g/mol. The van der Waals surface area contributed by atoms with Crippen molar-refractivity contribution in [3.05, 3.63) is 47.4 Å². The number of carbonyl (C=O) groups excluding carboxylic acids is 1. The highest BCUT2D eigenvalue weighted by Gasteiger charge is 2.20. The number of oxazole rings is 1. The van der Waals surface area contributed by atoms with Crippen LogP contribution in [0.15, 0.2) is 28.7 Å². The van der Waals surface area contributed by atoms with Gasteiger partial charge in [-0.3, -0.25) is 10.2 Å². The fourth-order valence-electron chi connectivity index (χ4n) is 3.13. The Morgan fingerprint density at radius 3 is 3.04 bits per heavy atom. The van der Waals surface area contributed by atoms with E-state index < -0.39 is 0 Å². The third-order valence-electron chi connectivity index (χ3n) is 4.62. The molecule has 1 aliphatic heterocycles. The van der Waals surface area contributed by atoms with E-state index in [1.54, 1.807) is 12.1 Å². The normalized spacial score (nSPS) is 18.5. The molecule has 1 aromatic heterocycles. The fourth-order valence-corrected chi connectivity index (χ4v) is 3.13. The smallest absolute Gasteiger partial charge is 0.240 e. The molecule has 1 atom stereocenters. The lowest BCUT2D eigenvalue weighted by atomic mass is 10.0. The van der Waals surface area contributed by atoms with Gasteiger partial charge in [0.25, 0.3) is 0 Å². The summed E-state index contributed by atoms with van der Waals surface area (Å²) in [6, 6.07) is 5.91. The van der Waals surface area contributed by atoms with Gasteiger partial charge in [-0.25, -0.2) is 14.4 Å². The first-order valence-corrected chi connectivity index (χ1v) is 8.96. The predicted molar refractivity (Wildman–Crippen MR) is 97.0 cm³/mol. The van der Waals surface area contributed by atoms with Crippen LogP contribution in [0.1, 0.15) is 30.2 Å². The van der Waals surface area contributed by atoms with Crippen molar-refractivity contribution in [1.82, 2.24) is 15.4 Å². The van der Waals surface area contributed by atoms with E-state index in [0.717, 1.165) is 49.7 Å². The van der Waals surface area contributed by atoms with Gasteiger partial charge < -0.3 is 9.73 Å². The number of hydrogen-bond donors (Lipinski definition) is 2. The molecule has 1 fully saturated rings. The molecule has 0 bridgehead atoms. The van der Waals surface area contributed by atoms with Crippen LogP contribution in [0.2, 0.25) is 0 Å². The van der Waals surface area contributed by atoms with Crippen molar-refractivity contribution in [2.45, 2.75) is 33.1 Å². The standard InChI is InChI=1S/C19H25FN4O2/c1-13-14(2)26-19(22-13)9-15-5-4-8-24(21-11-15)12-18(25)23-17-7-3-6-16(20)10-17/h3,6-7,10,15,21H,4-5,8-9,11-12H2,1-2H3,(H,23,25). The van der Waals surface area contributed by atoms with Gasteiger partial charge in [0, 0.05) is 25.2 Å². The number of rotatable bonds is 5. The number of amides is 1. The molecule has 6 nitrogen and oxygen atoms in total. The van der Waals surface area contributed by atoms with Gasteiger partial charge in [-0.2, -0.15) is 0 Å². The van der Waals surface area contributed by atoms with Crippen molar-refractivity contribution >= 4 is 11.6 Å². The van der Waals surface area contributed by atoms with Crippen LogP contribution < -0.4 is 10.7 Å². The van der Waals surface area contributed by atoms with Crippen LogP contribution in [0.5, 0.6) is 0 Å². The van der Waals surface area contributed by atoms with Crippen LogP contribution in [0.4, 0.5) is 10.1 Å². The molecule has 1 aromatic carbocycles. The number of carbonyl (C=O) groups is 1. The number of halogens is 1. The van der Waals surface area contributed by atoms with Crippen molar-refractivity contribution in [2.75, 3.05) is 25.0 Å².